The van der Waals surface area contributed by atoms with E-state index >= 15 is 0 Å². The quantitative estimate of drug-likeness (QED) is 0.789. The molecular formula is C16H14F3N3O3S. The van der Waals surface area contributed by atoms with Gasteiger partial charge < -0.3 is 10.6 Å². The SMILES string of the molecule is O=C(Nc1ccc(NC2CCS(=O)(=O)C2)nc1)c1ccc(F)c(F)c1F. The highest BCUT2D eigenvalue weighted by Crippen LogP contribution is 2.19. The van der Waals surface area contributed by atoms with Gasteiger partial charge in [-0.05, 0) is 30.7 Å². The standard InChI is InChI=1S/C16H14F3N3O3S/c17-12-3-2-11(14(18)15(12)19)16(23)22-9-1-4-13(20-7-9)21-10-5-6-26(24,25)8-10/h1-4,7,10H,5-6,8H2,(H,20,21)(H,22,23). The second-order valence-electron chi connectivity index (χ2n) is 5.85. The molecule has 0 radical (unpaired) electrons. The van der Waals surface area contributed by atoms with Crippen LogP contribution in [0.3, 0.4) is 0 Å². The molecule has 3 rings (SSSR count). The first-order valence-electron chi connectivity index (χ1n) is 7.63. The molecule has 0 bridgehead atoms. The van der Waals surface area contributed by atoms with Crippen molar-refractivity contribution in [1.29, 1.82) is 0 Å². The molecule has 1 fully saturated rings. The third kappa shape index (κ3) is 3.96. The number of pyridine rings is 1. The highest BCUT2D eigenvalue weighted by Gasteiger charge is 2.27. The minimum Gasteiger partial charge on any atom is -0.366 e. The van der Waals surface area contributed by atoms with Gasteiger partial charge in [0.25, 0.3) is 5.91 Å². The fraction of sp³-hybridized carbons (Fsp3) is 0.250. The monoisotopic (exact) mass is 385 g/mol. The van der Waals surface area contributed by atoms with E-state index in [4.69, 9.17) is 0 Å². The summed E-state index contributed by atoms with van der Waals surface area (Å²) in [6.45, 7) is 0. The third-order valence-corrected chi connectivity index (χ3v) is 5.65. The summed E-state index contributed by atoms with van der Waals surface area (Å²) < 4.78 is 62.6. The number of halogens is 3. The molecule has 6 nitrogen and oxygen atoms in total. The zero-order valence-electron chi connectivity index (χ0n) is 13.3. The van der Waals surface area contributed by atoms with Gasteiger partial charge in [0.05, 0.1) is 29.0 Å². The number of hydrogen-bond acceptors (Lipinski definition) is 5. The second-order valence-corrected chi connectivity index (χ2v) is 8.08. The first-order valence-corrected chi connectivity index (χ1v) is 9.45. The number of anilines is 2. The molecule has 0 saturated carbocycles. The maximum Gasteiger partial charge on any atom is 0.258 e. The highest BCUT2D eigenvalue weighted by molar-refractivity contribution is 7.91. The Labute approximate surface area is 147 Å². The molecule has 2 N–H and O–H groups in total. The number of hydrogen-bond donors (Lipinski definition) is 2. The molecule has 2 heterocycles. The van der Waals surface area contributed by atoms with Gasteiger partial charge in [-0.15, -0.1) is 0 Å². The van der Waals surface area contributed by atoms with Crippen LogP contribution in [0.25, 0.3) is 0 Å². The number of benzene rings is 1. The van der Waals surface area contributed by atoms with Crippen LogP contribution in [0.1, 0.15) is 16.8 Å². The second kappa shape index (κ2) is 6.94. The average Bonchev–Trinajstić information content (AvgIpc) is 2.93. The van der Waals surface area contributed by atoms with Crippen LogP contribution in [0.2, 0.25) is 0 Å². The molecule has 26 heavy (non-hydrogen) atoms. The predicted octanol–water partition coefficient (Wildman–Crippen LogP) is 2.35. The maximum atomic E-state index is 13.6. The molecule has 1 unspecified atom stereocenters. The Kier molecular flexibility index (Phi) is 4.86. The van der Waals surface area contributed by atoms with Crippen molar-refractivity contribution in [1.82, 2.24) is 4.98 Å². The number of aromatic nitrogens is 1. The lowest BCUT2D eigenvalue weighted by Gasteiger charge is -2.12. The minimum atomic E-state index is -3.02. The molecule has 2 aromatic rings. The summed E-state index contributed by atoms with van der Waals surface area (Å²) in [5.41, 5.74) is -0.425. The molecule has 138 valence electrons. The van der Waals surface area contributed by atoms with Crippen molar-refractivity contribution in [3.05, 3.63) is 53.5 Å². The van der Waals surface area contributed by atoms with E-state index in [0.29, 0.717) is 18.3 Å². The molecule has 0 spiro atoms. The van der Waals surface area contributed by atoms with Crippen LogP contribution in [0.5, 0.6) is 0 Å². The molecular weight excluding hydrogens is 371 g/mol. The molecule has 1 aliphatic heterocycles. The Balaban J connectivity index is 1.66. The molecule has 0 aliphatic carbocycles. The number of nitrogens with one attached hydrogen (secondary N) is 2. The Hall–Kier alpha value is -2.62. The van der Waals surface area contributed by atoms with Gasteiger partial charge in [0.1, 0.15) is 5.82 Å². The molecule has 1 saturated heterocycles. The third-order valence-electron chi connectivity index (χ3n) is 3.89. The summed E-state index contributed by atoms with van der Waals surface area (Å²) in [6, 6.07) is 4.25. The highest BCUT2D eigenvalue weighted by atomic mass is 32.2. The van der Waals surface area contributed by atoms with Gasteiger partial charge in [-0.2, -0.15) is 0 Å². The van der Waals surface area contributed by atoms with Crippen molar-refractivity contribution in [2.75, 3.05) is 22.1 Å². The van der Waals surface area contributed by atoms with Crippen molar-refractivity contribution in [3.8, 4) is 0 Å². The van der Waals surface area contributed by atoms with Crippen LogP contribution in [-0.4, -0.2) is 36.9 Å². The summed E-state index contributed by atoms with van der Waals surface area (Å²) in [5, 5.41) is 5.30. The van der Waals surface area contributed by atoms with Crippen molar-refractivity contribution < 1.29 is 26.4 Å². The van der Waals surface area contributed by atoms with Gasteiger partial charge in [-0.25, -0.2) is 26.6 Å². The summed E-state index contributed by atoms with van der Waals surface area (Å²) in [5.74, 6) is -5.06. The van der Waals surface area contributed by atoms with Crippen LogP contribution in [0.15, 0.2) is 30.5 Å². The average molecular weight is 385 g/mol. The van der Waals surface area contributed by atoms with Crippen LogP contribution in [-0.2, 0) is 9.84 Å². The summed E-state index contributed by atoms with van der Waals surface area (Å²) in [6.07, 6.45) is 1.76. The van der Waals surface area contributed by atoms with Gasteiger partial charge in [-0.3, -0.25) is 4.79 Å². The predicted molar refractivity (Wildman–Crippen MR) is 89.2 cm³/mol. The van der Waals surface area contributed by atoms with E-state index in [1.807, 2.05) is 0 Å². The minimum absolute atomic E-state index is 0.0303. The smallest absolute Gasteiger partial charge is 0.258 e. The van der Waals surface area contributed by atoms with Crippen molar-refractivity contribution in [2.45, 2.75) is 12.5 Å². The van der Waals surface area contributed by atoms with Crippen LogP contribution in [0.4, 0.5) is 24.7 Å². The van der Waals surface area contributed by atoms with Crippen molar-refractivity contribution in [3.63, 3.8) is 0 Å². The molecule has 1 aromatic carbocycles. The Morgan fingerprint density at radius 1 is 1.12 bits per heavy atom. The number of sulfone groups is 1. The maximum absolute atomic E-state index is 13.6. The number of nitrogens with zero attached hydrogens (tertiary/aromatic N) is 1. The Bertz CT molecular complexity index is 949. The van der Waals surface area contributed by atoms with E-state index in [-0.39, 0.29) is 23.2 Å². The van der Waals surface area contributed by atoms with E-state index in [0.717, 1.165) is 6.07 Å². The first kappa shape index (κ1) is 18.2. The van der Waals surface area contributed by atoms with Crippen molar-refractivity contribution >= 4 is 27.2 Å². The summed E-state index contributed by atoms with van der Waals surface area (Å²) in [7, 11) is -3.02. The van der Waals surface area contributed by atoms with Gasteiger partial charge in [0.15, 0.2) is 27.3 Å². The first-order chi connectivity index (χ1) is 12.2. The van der Waals surface area contributed by atoms with Gasteiger partial charge in [0, 0.05) is 6.04 Å². The van der Waals surface area contributed by atoms with Crippen molar-refractivity contribution in [2.24, 2.45) is 0 Å². The number of amides is 1. The van der Waals surface area contributed by atoms with E-state index in [1.54, 1.807) is 0 Å². The number of carbonyl (C=O) groups excluding carboxylic acids is 1. The van der Waals surface area contributed by atoms with Gasteiger partial charge >= 0.3 is 0 Å². The fourth-order valence-electron chi connectivity index (χ4n) is 2.57. The van der Waals surface area contributed by atoms with E-state index in [2.05, 4.69) is 15.6 Å². The van der Waals surface area contributed by atoms with Crippen LogP contribution in [0, 0.1) is 17.5 Å². The van der Waals surface area contributed by atoms with Gasteiger partial charge in [0.2, 0.25) is 0 Å². The zero-order valence-corrected chi connectivity index (χ0v) is 14.1. The Morgan fingerprint density at radius 3 is 2.50 bits per heavy atom. The Morgan fingerprint density at radius 2 is 1.88 bits per heavy atom. The summed E-state index contributed by atoms with van der Waals surface area (Å²) >= 11 is 0. The number of carbonyl (C=O) groups is 1. The van der Waals surface area contributed by atoms with E-state index in [1.165, 1.54) is 18.3 Å². The van der Waals surface area contributed by atoms with Crippen LogP contribution < -0.4 is 10.6 Å². The van der Waals surface area contributed by atoms with Crippen LogP contribution >= 0.6 is 0 Å². The normalized spacial score (nSPS) is 18.5. The van der Waals surface area contributed by atoms with Gasteiger partial charge in [-0.1, -0.05) is 0 Å². The lowest BCUT2D eigenvalue weighted by molar-refractivity contribution is 0.102. The molecule has 1 aliphatic rings. The summed E-state index contributed by atoms with van der Waals surface area (Å²) in [4.78, 5) is 16.0. The molecule has 1 atom stereocenters. The zero-order chi connectivity index (χ0) is 18.9. The lowest BCUT2D eigenvalue weighted by atomic mass is 10.2. The number of rotatable bonds is 4. The molecule has 1 amide bonds. The van der Waals surface area contributed by atoms with E-state index in [9.17, 15) is 26.4 Å². The van der Waals surface area contributed by atoms with E-state index < -0.39 is 38.8 Å². The fourth-order valence-corrected chi connectivity index (χ4v) is 4.24. The molecule has 10 heteroatoms. The lowest BCUT2D eigenvalue weighted by Crippen LogP contribution is -2.21. The molecule has 1 aromatic heterocycles. The largest absolute Gasteiger partial charge is 0.366 e. The topological polar surface area (TPSA) is 88.2 Å².